The zero-order chi connectivity index (χ0) is 58.7. The predicted octanol–water partition coefficient (Wildman–Crippen LogP) is 23.1. The van der Waals surface area contributed by atoms with E-state index in [4.69, 9.17) is 8.83 Å². The summed E-state index contributed by atoms with van der Waals surface area (Å²) in [5.41, 5.74) is 27.7. The van der Waals surface area contributed by atoms with E-state index in [0.29, 0.717) is 0 Å². The monoisotopic (exact) mass is 1120 g/mol. The number of nitrogens with zero attached hydrogens (tertiary/aromatic N) is 2. The maximum atomic E-state index is 7.38. The van der Waals surface area contributed by atoms with Crippen LogP contribution >= 0.6 is 0 Å². The zero-order valence-corrected chi connectivity index (χ0v) is 49.6. The molecule has 0 N–H and O–H groups in total. The number of hydrogen-bond donors (Lipinski definition) is 0. The highest BCUT2D eigenvalue weighted by atomic mass is 16.3. The van der Waals surface area contributed by atoms with Crippen LogP contribution in [0.3, 0.4) is 0 Å². The number of furan rings is 2. The van der Waals surface area contributed by atoms with Crippen molar-refractivity contribution < 1.29 is 8.83 Å². The van der Waals surface area contributed by atoms with E-state index in [-0.39, 0.29) is 0 Å². The largest absolute Gasteiger partial charge is 0.453 e. The quantitative estimate of drug-likeness (QED) is 0.137. The fourth-order valence-electron chi connectivity index (χ4n) is 14.3. The van der Waals surface area contributed by atoms with Crippen LogP contribution in [0.15, 0.2) is 276 Å². The Balaban J connectivity index is 0.984. The second kappa shape index (κ2) is 20.3. The summed E-state index contributed by atoms with van der Waals surface area (Å²) >= 11 is 0. The van der Waals surface area contributed by atoms with Crippen LogP contribution in [0.4, 0.5) is 34.1 Å². The Morgan fingerprint density at radius 3 is 1.20 bits per heavy atom. The second-order valence-electron chi connectivity index (χ2n) is 23.8. The summed E-state index contributed by atoms with van der Waals surface area (Å²) in [5.74, 6) is 0. The van der Waals surface area contributed by atoms with Crippen LogP contribution in [0, 0.1) is 41.5 Å². The maximum absolute atomic E-state index is 7.38. The highest BCUT2D eigenvalue weighted by Crippen LogP contribution is 2.61. The number of rotatable bonds is 10. The molecule has 1 aliphatic rings. The third-order valence-corrected chi connectivity index (χ3v) is 18.9. The Kier molecular flexibility index (Phi) is 12.1. The van der Waals surface area contributed by atoms with Gasteiger partial charge in [-0.05, 0) is 179 Å². The molecule has 87 heavy (non-hydrogen) atoms. The van der Waals surface area contributed by atoms with Crippen LogP contribution in [0.25, 0.3) is 88.0 Å². The molecule has 15 aromatic rings. The summed E-state index contributed by atoms with van der Waals surface area (Å²) < 4.78 is 14.7. The van der Waals surface area contributed by atoms with Gasteiger partial charge in [0, 0.05) is 55.1 Å². The maximum Gasteiger partial charge on any atom is 0.159 e. The van der Waals surface area contributed by atoms with Gasteiger partial charge in [0.25, 0.3) is 0 Å². The minimum atomic E-state index is -0.812. The number of fused-ring (bicyclic) bond motifs is 11. The van der Waals surface area contributed by atoms with Crippen molar-refractivity contribution in [1.82, 2.24) is 0 Å². The van der Waals surface area contributed by atoms with Gasteiger partial charge in [-0.2, -0.15) is 0 Å². The summed E-state index contributed by atoms with van der Waals surface area (Å²) in [7, 11) is 0. The van der Waals surface area contributed by atoms with Crippen LogP contribution < -0.4 is 9.80 Å². The summed E-state index contributed by atoms with van der Waals surface area (Å²) in [6.45, 7) is 13.2. The molecular formula is C83H62N2O2. The lowest BCUT2D eigenvalue weighted by Crippen LogP contribution is -2.29. The van der Waals surface area contributed by atoms with Gasteiger partial charge in [-0.15, -0.1) is 0 Å². The summed E-state index contributed by atoms with van der Waals surface area (Å²) in [4.78, 5) is 4.90. The van der Waals surface area contributed by atoms with Gasteiger partial charge in [0.05, 0.1) is 22.5 Å². The van der Waals surface area contributed by atoms with Crippen molar-refractivity contribution in [3.63, 3.8) is 0 Å². The molecule has 0 radical (unpaired) electrons. The Hall–Kier alpha value is -10.7. The first-order chi connectivity index (χ1) is 42.6. The Labute approximate surface area is 507 Å². The van der Waals surface area contributed by atoms with Gasteiger partial charge in [-0.25, -0.2) is 0 Å². The molecule has 0 spiro atoms. The minimum absolute atomic E-state index is 0.812. The van der Waals surface area contributed by atoms with Crippen LogP contribution in [0.1, 0.15) is 55.6 Å². The molecule has 0 bridgehead atoms. The van der Waals surface area contributed by atoms with Crippen LogP contribution in [-0.4, -0.2) is 0 Å². The highest BCUT2D eigenvalue weighted by molar-refractivity contribution is 6.17. The molecule has 0 aliphatic heterocycles. The topological polar surface area (TPSA) is 32.8 Å². The van der Waals surface area contributed by atoms with Crippen molar-refractivity contribution in [3.05, 3.63) is 323 Å². The normalized spacial score (nSPS) is 12.6. The first-order valence-corrected chi connectivity index (χ1v) is 30.2. The average molecular weight is 1120 g/mol. The molecule has 13 aromatic carbocycles. The predicted molar refractivity (Wildman–Crippen MR) is 364 cm³/mol. The van der Waals surface area contributed by atoms with E-state index in [1.54, 1.807) is 0 Å². The number of hydrogen-bond acceptors (Lipinski definition) is 4. The van der Waals surface area contributed by atoms with E-state index in [2.05, 4.69) is 318 Å². The van der Waals surface area contributed by atoms with Gasteiger partial charge < -0.3 is 18.6 Å². The lowest BCUT2D eigenvalue weighted by Gasteiger charge is -2.36. The molecule has 0 unspecified atom stereocenters. The lowest BCUT2D eigenvalue weighted by molar-refractivity contribution is 0.670. The minimum Gasteiger partial charge on any atom is -0.453 e. The molecular weight excluding hydrogens is 1060 g/mol. The van der Waals surface area contributed by atoms with Crippen molar-refractivity contribution in [2.24, 2.45) is 0 Å². The number of para-hydroxylation sites is 4. The van der Waals surface area contributed by atoms with Gasteiger partial charge >= 0.3 is 0 Å². The fraction of sp³-hybridized carbons (Fsp3) is 0.0843. The summed E-state index contributed by atoms with van der Waals surface area (Å²) in [6.07, 6.45) is 0. The van der Waals surface area contributed by atoms with Crippen LogP contribution in [0.2, 0.25) is 0 Å². The molecule has 0 fully saturated rings. The fourth-order valence-corrected chi connectivity index (χ4v) is 14.3. The molecule has 416 valence electrons. The van der Waals surface area contributed by atoms with E-state index in [1.165, 1.54) is 72.1 Å². The molecule has 4 heteroatoms. The van der Waals surface area contributed by atoms with Crippen molar-refractivity contribution in [1.29, 1.82) is 0 Å². The molecule has 2 aromatic heterocycles. The smallest absolute Gasteiger partial charge is 0.159 e. The van der Waals surface area contributed by atoms with Gasteiger partial charge in [0.2, 0.25) is 0 Å². The first kappa shape index (κ1) is 51.9. The molecule has 16 rings (SSSR count). The van der Waals surface area contributed by atoms with Crippen LogP contribution in [0.5, 0.6) is 0 Å². The molecule has 1 aliphatic carbocycles. The van der Waals surface area contributed by atoms with Gasteiger partial charge in [0.15, 0.2) is 11.2 Å². The Morgan fingerprint density at radius 2 is 0.667 bits per heavy atom. The standard InChI is InChI=1S/C83H62N2O2/c1-51-41-43-59(47-55(51)5)84(75-39-21-37-70-68-35-19-33-66(79(68)86-81(70)75)62-29-15-13-23-53(62)3)61-45-46-72-73(49-61)83(57-25-9-7-10-26-57,58-27-11-8-12-28-58)74-50-77(64-31-17-18-32-65(64)78(72)74)85(60-44-42-52(2)56(6)48-60)76-40-22-38-71-69-36-20-34-67(80(69)87-82(71)76)63-30-16-14-24-54(63)4/h7-50H,1-6H3. The molecule has 0 atom stereocenters. The lowest BCUT2D eigenvalue weighted by atomic mass is 9.67. The van der Waals surface area contributed by atoms with E-state index in [0.717, 1.165) is 106 Å². The van der Waals surface area contributed by atoms with Crippen LogP contribution in [-0.2, 0) is 5.41 Å². The third-order valence-electron chi connectivity index (χ3n) is 18.9. The zero-order valence-electron chi connectivity index (χ0n) is 49.6. The number of benzene rings is 13. The number of aryl methyl sites for hydroxylation is 6. The van der Waals surface area contributed by atoms with E-state index < -0.39 is 5.41 Å². The molecule has 0 saturated heterocycles. The van der Waals surface area contributed by atoms with Crippen molar-refractivity contribution in [2.75, 3.05) is 9.80 Å². The Bertz CT molecular complexity index is 5220. The van der Waals surface area contributed by atoms with E-state index in [9.17, 15) is 0 Å². The van der Waals surface area contributed by atoms with Crippen molar-refractivity contribution >= 4 is 88.8 Å². The Morgan fingerprint density at radius 1 is 0.253 bits per heavy atom. The summed E-state index contributed by atoms with van der Waals surface area (Å²) in [5, 5.41) is 6.61. The van der Waals surface area contributed by atoms with Crippen molar-refractivity contribution in [2.45, 2.75) is 47.0 Å². The highest BCUT2D eigenvalue weighted by Gasteiger charge is 2.48. The van der Waals surface area contributed by atoms with Gasteiger partial charge in [-0.3, -0.25) is 0 Å². The van der Waals surface area contributed by atoms with E-state index in [1.807, 2.05) is 0 Å². The SMILES string of the molecule is Cc1ccc(N(c2ccc3c(c2)C(c2ccccc2)(c2ccccc2)c2cc(N(c4ccc(C)c(C)c4)c4cccc5c4oc4c(-c6ccccc6C)cccc45)c4ccccc4c2-3)c2cccc3c2oc2c(-c4ccccc4C)cccc23)cc1C. The van der Waals surface area contributed by atoms with Gasteiger partial charge in [-0.1, -0.05) is 212 Å². The molecule has 2 heterocycles. The van der Waals surface area contributed by atoms with E-state index >= 15 is 0 Å². The molecule has 0 saturated carbocycles. The first-order valence-electron chi connectivity index (χ1n) is 30.2. The summed E-state index contributed by atoms with van der Waals surface area (Å²) in [6, 6.07) is 98.5. The average Bonchev–Trinajstić information content (AvgIpc) is 1.55. The molecule has 4 nitrogen and oxygen atoms in total. The van der Waals surface area contributed by atoms with Crippen molar-refractivity contribution in [3.8, 4) is 33.4 Å². The number of anilines is 6. The second-order valence-corrected chi connectivity index (χ2v) is 23.8. The third kappa shape index (κ3) is 7.98. The van der Waals surface area contributed by atoms with Gasteiger partial charge in [0.1, 0.15) is 11.2 Å². The molecule has 0 amide bonds.